The monoisotopic (exact) mass is 680 g/mol. The van der Waals surface area contributed by atoms with Crippen molar-refractivity contribution < 1.29 is 0 Å². The fourth-order valence-electron chi connectivity index (χ4n) is 7.89. The molecular formula is C51H40N2. The van der Waals surface area contributed by atoms with Crippen molar-refractivity contribution in [3.63, 3.8) is 0 Å². The molecular weight excluding hydrogens is 641 g/mol. The van der Waals surface area contributed by atoms with Crippen molar-refractivity contribution >= 4 is 49.5 Å². The first-order chi connectivity index (χ1) is 26.0. The summed E-state index contributed by atoms with van der Waals surface area (Å²) in [6.07, 6.45) is 1.87. The molecule has 0 amide bonds. The minimum Gasteiger partial charge on any atom is -0.295 e. The first kappa shape index (κ1) is 32.4. The van der Waals surface area contributed by atoms with E-state index in [-0.39, 0.29) is 5.41 Å². The minimum absolute atomic E-state index is 0.0605. The van der Waals surface area contributed by atoms with Crippen LogP contribution in [0.15, 0.2) is 188 Å². The normalized spacial score (nSPS) is 11.7. The SMILES string of the molecule is CC(C)(C)c1ccc(N(c2ccc3c(c2)c2ccccc2c2c(-c4ccccc4)cc(-c4ccccc4)c(-c4ccccc4)c32)c2ccccn2)cc1. The summed E-state index contributed by atoms with van der Waals surface area (Å²) >= 11 is 0. The lowest BCUT2D eigenvalue weighted by Gasteiger charge is -2.27. The maximum absolute atomic E-state index is 4.87. The second kappa shape index (κ2) is 13.2. The summed E-state index contributed by atoms with van der Waals surface area (Å²) in [5, 5.41) is 7.42. The molecule has 9 aromatic rings. The molecule has 8 aromatic carbocycles. The lowest BCUT2D eigenvalue weighted by molar-refractivity contribution is 0.590. The number of benzene rings is 8. The van der Waals surface area contributed by atoms with E-state index < -0.39 is 0 Å². The van der Waals surface area contributed by atoms with Gasteiger partial charge in [-0.1, -0.05) is 160 Å². The Labute approximate surface area is 311 Å². The molecule has 9 rings (SSSR count). The Hall–Kier alpha value is -6.51. The lowest BCUT2D eigenvalue weighted by atomic mass is 9.81. The fraction of sp³-hybridized carbons (Fsp3) is 0.0784. The summed E-state index contributed by atoms with van der Waals surface area (Å²) in [5.41, 5.74) is 10.8. The topological polar surface area (TPSA) is 16.1 Å². The number of pyridine rings is 1. The molecule has 0 unspecified atom stereocenters. The van der Waals surface area contributed by atoms with Crippen molar-refractivity contribution in [1.29, 1.82) is 0 Å². The summed E-state index contributed by atoms with van der Waals surface area (Å²) in [6, 6.07) is 66.0. The molecule has 0 radical (unpaired) electrons. The average Bonchev–Trinajstić information content (AvgIpc) is 3.21. The smallest absolute Gasteiger partial charge is 0.137 e. The summed E-state index contributed by atoms with van der Waals surface area (Å²) < 4.78 is 0. The van der Waals surface area contributed by atoms with E-state index in [9.17, 15) is 0 Å². The van der Waals surface area contributed by atoms with Crippen molar-refractivity contribution in [2.24, 2.45) is 0 Å². The van der Waals surface area contributed by atoms with Crippen LogP contribution in [0.3, 0.4) is 0 Å². The molecule has 1 heterocycles. The van der Waals surface area contributed by atoms with Gasteiger partial charge in [0, 0.05) is 17.6 Å². The highest BCUT2D eigenvalue weighted by molar-refractivity contribution is 6.33. The maximum Gasteiger partial charge on any atom is 0.137 e. The maximum atomic E-state index is 4.87. The minimum atomic E-state index is 0.0605. The number of aromatic nitrogens is 1. The molecule has 254 valence electrons. The Morgan fingerprint density at radius 1 is 0.415 bits per heavy atom. The van der Waals surface area contributed by atoms with Gasteiger partial charge in [-0.2, -0.15) is 0 Å². The van der Waals surface area contributed by atoms with E-state index in [1.54, 1.807) is 0 Å². The van der Waals surface area contributed by atoms with Gasteiger partial charge in [0.1, 0.15) is 5.82 Å². The average molecular weight is 681 g/mol. The standard InChI is InChI=1S/C51H40N2/c1-51(2,3)38-26-28-39(29-27-38)53(47-25-15-16-32-52-47)40-30-31-43-46(33-40)41-23-13-14-24-42(41)49-45(36-19-9-5-10-20-36)34-44(35-17-7-4-8-18-35)48(50(43)49)37-21-11-6-12-22-37/h4-34H,1-3H3. The van der Waals surface area contributed by atoms with E-state index in [1.807, 2.05) is 12.3 Å². The van der Waals surface area contributed by atoms with E-state index >= 15 is 0 Å². The zero-order chi connectivity index (χ0) is 35.9. The molecule has 0 atom stereocenters. The van der Waals surface area contributed by atoms with Crippen LogP contribution in [0.25, 0.3) is 65.7 Å². The van der Waals surface area contributed by atoms with Crippen molar-refractivity contribution in [1.82, 2.24) is 4.98 Å². The molecule has 0 spiro atoms. The molecule has 0 aliphatic rings. The number of nitrogens with zero attached hydrogens (tertiary/aromatic N) is 2. The molecule has 2 heteroatoms. The third-order valence-electron chi connectivity index (χ3n) is 10.4. The molecule has 0 aliphatic heterocycles. The predicted molar refractivity (Wildman–Crippen MR) is 226 cm³/mol. The van der Waals surface area contributed by atoms with E-state index in [2.05, 4.69) is 202 Å². The molecule has 1 aromatic heterocycles. The number of hydrogen-bond donors (Lipinski definition) is 0. The molecule has 0 bridgehead atoms. The number of anilines is 3. The summed E-state index contributed by atoms with van der Waals surface area (Å²) in [6.45, 7) is 6.77. The number of hydrogen-bond acceptors (Lipinski definition) is 2. The van der Waals surface area contributed by atoms with Gasteiger partial charge in [0.2, 0.25) is 0 Å². The Bertz CT molecular complexity index is 2710. The van der Waals surface area contributed by atoms with Crippen LogP contribution in [0.1, 0.15) is 26.3 Å². The van der Waals surface area contributed by atoms with Crippen LogP contribution < -0.4 is 4.90 Å². The second-order valence-electron chi connectivity index (χ2n) is 14.8. The Morgan fingerprint density at radius 3 is 1.58 bits per heavy atom. The van der Waals surface area contributed by atoms with E-state index in [0.717, 1.165) is 17.2 Å². The fourth-order valence-corrected chi connectivity index (χ4v) is 7.89. The molecule has 0 aliphatic carbocycles. The van der Waals surface area contributed by atoms with E-state index in [1.165, 1.54) is 71.3 Å². The molecule has 0 N–H and O–H groups in total. The third kappa shape index (κ3) is 5.83. The van der Waals surface area contributed by atoms with Crippen molar-refractivity contribution in [3.05, 3.63) is 194 Å². The largest absolute Gasteiger partial charge is 0.295 e. The van der Waals surface area contributed by atoms with Gasteiger partial charge in [-0.05, 0) is 119 Å². The molecule has 2 nitrogen and oxygen atoms in total. The number of rotatable bonds is 6. The highest BCUT2D eigenvalue weighted by Gasteiger charge is 2.23. The van der Waals surface area contributed by atoms with Crippen LogP contribution >= 0.6 is 0 Å². The summed E-state index contributed by atoms with van der Waals surface area (Å²) in [5.74, 6) is 0.878. The van der Waals surface area contributed by atoms with Crippen LogP contribution in [0.4, 0.5) is 17.2 Å². The van der Waals surface area contributed by atoms with Gasteiger partial charge in [-0.15, -0.1) is 0 Å². The summed E-state index contributed by atoms with van der Waals surface area (Å²) in [4.78, 5) is 7.14. The van der Waals surface area contributed by atoms with Gasteiger partial charge < -0.3 is 0 Å². The van der Waals surface area contributed by atoms with Gasteiger partial charge in [0.15, 0.2) is 0 Å². The Morgan fingerprint density at radius 2 is 0.962 bits per heavy atom. The third-order valence-corrected chi connectivity index (χ3v) is 10.4. The zero-order valence-electron chi connectivity index (χ0n) is 30.3. The van der Waals surface area contributed by atoms with E-state index in [4.69, 9.17) is 4.98 Å². The lowest BCUT2D eigenvalue weighted by Crippen LogP contribution is -2.13. The highest BCUT2D eigenvalue weighted by Crippen LogP contribution is 2.50. The van der Waals surface area contributed by atoms with Crippen LogP contribution in [0.5, 0.6) is 0 Å². The zero-order valence-corrected chi connectivity index (χ0v) is 30.3. The number of fused-ring (bicyclic) bond motifs is 6. The molecule has 0 saturated carbocycles. The first-order valence-corrected chi connectivity index (χ1v) is 18.4. The van der Waals surface area contributed by atoms with E-state index in [0.29, 0.717) is 0 Å². The van der Waals surface area contributed by atoms with Crippen LogP contribution in [-0.2, 0) is 5.41 Å². The van der Waals surface area contributed by atoms with Crippen LogP contribution in [0.2, 0.25) is 0 Å². The Balaban J connectivity index is 1.42. The van der Waals surface area contributed by atoms with Gasteiger partial charge in [0.05, 0.1) is 0 Å². The summed E-state index contributed by atoms with van der Waals surface area (Å²) in [7, 11) is 0. The van der Waals surface area contributed by atoms with Gasteiger partial charge in [0.25, 0.3) is 0 Å². The van der Waals surface area contributed by atoms with Crippen LogP contribution in [0, 0.1) is 0 Å². The molecule has 0 saturated heterocycles. The van der Waals surface area contributed by atoms with Gasteiger partial charge in [-0.3, -0.25) is 4.90 Å². The quantitative estimate of drug-likeness (QED) is 0.163. The van der Waals surface area contributed by atoms with Crippen molar-refractivity contribution in [3.8, 4) is 33.4 Å². The Kier molecular flexibility index (Phi) is 8.09. The molecule has 53 heavy (non-hydrogen) atoms. The predicted octanol–water partition coefficient (Wildman–Crippen LogP) is 14.3. The van der Waals surface area contributed by atoms with Crippen LogP contribution in [-0.4, -0.2) is 4.98 Å². The highest BCUT2D eigenvalue weighted by atomic mass is 15.2. The second-order valence-corrected chi connectivity index (χ2v) is 14.8. The molecule has 0 fully saturated rings. The van der Waals surface area contributed by atoms with Gasteiger partial charge in [-0.25, -0.2) is 4.98 Å². The van der Waals surface area contributed by atoms with Gasteiger partial charge >= 0.3 is 0 Å². The van der Waals surface area contributed by atoms with Crippen molar-refractivity contribution in [2.45, 2.75) is 26.2 Å². The van der Waals surface area contributed by atoms with Crippen molar-refractivity contribution in [2.75, 3.05) is 4.90 Å². The first-order valence-electron chi connectivity index (χ1n) is 18.4.